The summed E-state index contributed by atoms with van der Waals surface area (Å²) >= 11 is 3.42. The van der Waals surface area contributed by atoms with Gasteiger partial charge in [-0.3, -0.25) is 4.79 Å². The number of carbonyl (C=O) groups is 1. The van der Waals surface area contributed by atoms with E-state index >= 15 is 0 Å². The molecule has 2 rings (SSSR count). The number of hydrogen-bond donors (Lipinski definition) is 1. The molecule has 1 N–H and O–H groups in total. The van der Waals surface area contributed by atoms with Crippen molar-refractivity contribution < 1.29 is 23.7 Å². The van der Waals surface area contributed by atoms with Gasteiger partial charge in [-0.1, -0.05) is 0 Å². The topological polar surface area (TPSA) is 66.0 Å². The highest BCUT2D eigenvalue weighted by molar-refractivity contribution is 9.10. The van der Waals surface area contributed by atoms with E-state index in [9.17, 15) is 4.79 Å². The van der Waals surface area contributed by atoms with Gasteiger partial charge in [-0.2, -0.15) is 0 Å². The average molecular weight is 422 g/mol. The molecule has 0 atom stereocenters. The van der Waals surface area contributed by atoms with E-state index in [1.165, 1.54) is 13.2 Å². The van der Waals surface area contributed by atoms with Crippen LogP contribution in [-0.4, -0.2) is 34.3 Å². The Morgan fingerprint density at radius 1 is 0.923 bits per heavy atom. The summed E-state index contributed by atoms with van der Waals surface area (Å²) in [5.41, 5.74) is 1.39. The molecule has 0 spiro atoms. The van der Waals surface area contributed by atoms with Gasteiger partial charge in [-0.15, -0.1) is 0 Å². The molecule has 0 radical (unpaired) electrons. The molecular formula is C19H20BrNO5. The lowest BCUT2D eigenvalue weighted by Crippen LogP contribution is -2.08. The molecule has 0 fully saturated rings. The largest absolute Gasteiger partial charge is 0.493 e. The average Bonchev–Trinajstić information content (AvgIpc) is 2.65. The number of amides is 1. The van der Waals surface area contributed by atoms with Crippen molar-refractivity contribution in [3.63, 3.8) is 0 Å². The first-order valence-corrected chi connectivity index (χ1v) is 8.44. The highest BCUT2D eigenvalue weighted by Crippen LogP contribution is 2.36. The zero-order valence-electron chi connectivity index (χ0n) is 15.0. The molecule has 0 saturated heterocycles. The predicted molar refractivity (Wildman–Crippen MR) is 104 cm³/mol. The number of anilines is 1. The molecule has 7 heteroatoms. The van der Waals surface area contributed by atoms with Crippen LogP contribution in [0.3, 0.4) is 0 Å². The first kappa shape index (κ1) is 19.7. The second kappa shape index (κ2) is 9.15. The summed E-state index contributed by atoms with van der Waals surface area (Å²) in [5, 5.41) is 2.78. The van der Waals surface area contributed by atoms with E-state index in [1.807, 2.05) is 6.07 Å². The zero-order chi connectivity index (χ0) is 19.1. The smallest absolute Gasteiger partial charge is 0.248 e. The van der Waals surface area contributed by atoms with E-state index in [2.05, 4.69) is 21.2 Å². The first-order chi connectivity index (χ1) is 12.5. The van der Waals surface area contributed by atoms with E-state index in [-0.39, 0.29) is 5.91 Å². The zero-order valence-corrected chi connectivity index (χ0v) is 16.5. The van der Waals surface area contributed by atoms with E-state index < -0.39 is 0 Å². The first-order valence-electron chi connectivity index (χ1n) is 7.65. The molecule has 26 heavy (non-hydrogen) atoms. The molecule has 0 aliphatic carbocycles. The summed E-state index contributed by atoms with van der Waals surface area (Å²) in [5.74, 6) is 2.03. The van der Waals surface area contributed by atoms with E-state index in [0.717, 1.165) is 10.0 Å². The fraction of sp³-hybridized carbons (Fsp3) is 0.211. The number of ether oxygens (including phenoxy) is 4. The van der Waals surface area contributed by atoms with Crippen molar-refractivity contribution in [3.8, 4) is 23.0 Å². The highest BCUT2D eigenvalue weighted by Gasteiger charge is 2.10. The lowest BCUT2D eigenvalue weighted by Gasteiger charge is -2.10. The van der Waals surface area contributed by atoms with Crippen molar-refractivity contribution >= 4 is 33.6 Å². The maximum absolute atomic E-state index is 12.2. The quantitative estimate of drug-likeness (QED) is 0.680. The normalized spacial score (nSPS) is 10.5. The summed E-state index contributed by atoms with van der Waals surface area (Å²) < 4.78 is 21.7. The van der Waals surface area contributed by atoms with Crippen LogP contribution in [0.1, 0.15) is 5.56 Å². The van der Waals surface area contributed by atoms with Crippen LogP contribution in [-0.2, 0) is 4.79 Å². The summed E-state index contributed by atoms with van der Waals surface area (Å²) in [6.45, 7) is 0. The van der Waals surface area contributed by atoms with E-state index in [0.29, 0.717) is 28.7 Å². The van der Waals surface area contributed by atoms with Crippen LogP contribution in [0.25, 0.3) is 6.08 Å². The summed E-state index contributed by atoms with van der Waals surface area (Å²) in [4.78, 5) is 12.2. The third-order valence-electron chi connectivity index (χ3n) is 3.53. The van der Waals surface area contributed by atoms with Gasteiger partial charge in [0.2, 0.25) is 5.91 Å². The molecule has 2 aromatic rings. The number of hydrogen-bond acceptors (Lipinski definition) is 5. The van der Waals surface area contributed by atoms with E-state index in [4.69, 9.17) is 18.9 Å². The van der Waals surface area contributed by atoms with Crippen molar-refractivity contribution in [3.05, 3.63) is 46.4 Å². The number of halogens is 1. The molecule has 0 aliphatic heterocycles. The molecule has 0 heterocycles. The van der Waals surface area contributed by atoms with Gasteiger partial charge >= 0.3 is 0 Å². The van der Waals surface area contributed by atoms with Gasteiger partial charge in [-0.05, 0) is 51.8 Å². The summed E-state index contributed by atoms with van der Waals surface area (Å²) in [6.07, 6.45) is 3.12. The van der Waals surface area contributed by atoms with Crippen molar-refractivity contribution in [2.75, 3.05) is 33.8 Å². The minimum atomic E-state index is -0.275. The standard InChI is InChI=1S/C19H20BrNO5/c1-23-15-7-6-13(11-16(15)24-2)21-18(22)8-5-12-9-14(20)19(26-4)17(10-12)25-3/h5-11H,1-4H3,(H,21,22)/b8-5+. The van der Waals surface area contributed by atoms with Crippen LogP contribution in [0.4, 0.5) is 5.69 Å². The number of nitrogens with one attached hydrogen (secondary N) is 1. The van der Waals surface area contributed by atoms with Crippen LogP contribution in [0.5, 0.6) is 23.0 Å². The Morgan fingerprint density at radius 3 is 2.23 bits per heavy atom. The van der Waals surface area contributed by atoms with Gasteiger partial charge in [0.25, 0.3) is 0 Å². The highest BCUT2D eigenvalue weighted by atomic mass is 79.9. The van der Waals surface area contributed by atoms with Gasteiger partial charge in [0.1, 0.15) is 0 Å². The molecule has 0 saturated carbocycles. The summed E-state index contributed by atoms with van der Waals surface area (Å²) in [6, 6.07) is 8.77. The van der Waals surface area contributed by atoms with Crippen LogP contribution in [0.15, 0.2) is 40.9 Å². The van der Waals surface area contributed by atoms with Gasteiger partial charge in [0.15, 0.2) is 23.0 Å². The van der Waals surface area contributed by atoms with Crippen LogP contribution in [0, 0.1) is 0 Å². The molecule has 6 nitrogen and oxygen atoms in total. The molecule has 0 aliphatic rings. The number of methoxy groups -OCH3 is 4. The lowest BCUT2D eigenvalue weighted by atomic mass is 10.2. The Morgan fingerprint density at radius 2 is 1.62 bits per heavy atom. The lowest BCUT2D eigenvalue weighted by molar-refractivity contribution is -0.111. The maximum Gasteiger partial charge on any atom is 0.248 e. The maximum atomic E-state index is 12.2. The second-order valence-corrected chi connectivity index (χ2v) is 5.98. The van der Waals surface area contributed by atoms with E-state index in [1.54, 1.807) is 51.7 Å². The van der Waals surface area contributed by atoms with Crippen LogP contribution >= 0.6 is 15.9 Å². The minimum absolute atomic E-state index is 0.275. The molecule has 0 unspecified atom stereocenters. The van der Waals surface area contributed by atoms with Gasteiger partial charge in [0.05, 0.1) is 32.9 Å². The van der Waals surface area contributed by atoms with Crippen LogP contribution < -0.4 is 24.3 Å². The minimum Gasteiger partial charge on any atom is -0.493 e. The predicted octanol–water partition coefficient (Wildman–Crippen LogP) is 4.14. The molecule has 1 amide bonds. The van der Waals surface area contributed by atoms with Gasteiger partial charge < -0.3 is 24.3 Å². The monoisotopic (exact) mass is 421 g/mol. The second-order valence-electron chi connectivity index (χ2n) is 5.13. The van der Waals surface area contributed by atoms with Gasteiger partial charge in [0, 0.05) is 17.8 Å². The third kappa shape index (κ3) is 4.70. The Labute approximate surface area is 160 Å². The Balaban J connectivity index is 2.14. The van der Waals surface area contributed by atoms with Crippen LogP contribution in [0.2, 0.25) is 0 Å². The number of carbonyl (C=O) groups excluding carboxylic acids is 1. The molecular weight excluding hydrogens is 402 g/mol. The summed E-state index contributed by atoms with van der Waals surface area (Å²) in [7, 11) is 6.22. The SMILES string of the molecule is COc1ccc(NC(=O)/C=C/c2cc(Br)c(OC)c(OC)c2)cc1OC. The Bertz CT molecular complexity index is 820. The van der Waals surface area contributed by atoms with Crippen molar-refractivity contribution in [2.24, 2.45) is 0 Å². The fourth-order valence-corrected chi connectivity index (χ4v) is 2.93. The fourth-order valence-electron chi connectivity index (χ4n) is 2.30. The molecule has 0 aromatic heterocycles. The molecule has 2 aromatic carbocycles. The van der Waals surface area contributed by atoms with Crippen molar-refractivity contribution in [1.29, 1.82) is 0 Å². The third-order valence-corrected chi connectivity index (χ3v) is 4.12. The Hall–Kier alpha value is -2.67. The van der Waals surface area contributed by atoms with Crippen molar-refractivity contribution in [2.45, 2.75) is 0 Å². The van der Waals surface area contributed by atoms with Crippen molar-refractivity contribution in [1.82, 2.24) is 0 Å². The Kier molecular flexibility index (Phi) is 6.91. The number of rotatable bonds is 7. The molecule has 138 valence electrons. The number of benzene rings is 2. The molecule has 0 bridgehead atoms. The van der Waals surface area contributed by atoms with Gasteiger partial charge in [-0.25, -0.2) is 0 Å².